The van der Waals surface area contributed by atoms with Crippen LogP contribution >= 0.6 is 11.8 Å². The van der Waals surface area contributed by atoms with Gasteiger partial charge in [0.1, 0.15) is 0 Å². The number of nitrogens with zero attached hydrogens (tertiary/aromatic N) is 3. The molecule has 0 aliphatic carbocycles. The zero-order chi connectivity index (χ0) is 20.5. The van der Waals surface area contributed by atoms with Gasteiger partial charge in [-0.3, -0.25) is 14.9 Å². The Labute approximate surface area is 174 Å². The van der Waals surface area contributed by atoms with Gasteiger partial charge in [-0.15, -0.1) is 0 Å². The summed E-state index contributed by atoms with van der Waals surface area (Å²) in [5.74, 6) is 0.544. The van der Waals surface area contributed by atoms with Gasteiger partial charge >= 0.3 is 0 Å². The van der Waals surface area contributed by atoms with Gasteiger partial charge < -0.3 is 15.1 Å². The second-order valence-corrected chi connectivity index (χ2v) is 8.35. The second-order valence-electron chi connectivity index (χ2n) is 7.48. The largest absolute Gasteiger partial charge is 0.363 e. The number of benzene rings is 2. The first-order chi connectivity index (χ1) is 14.0. The lowest BCUT2D eigenvalue weighted by atomic mass is 9.90. The van der Waals surface area contributed by atoms with Crippen molar-refractivity contribution >= 4 is 40.4 Å². The molecule has 152 valence electrons. The van der Waals surface area contributed by atoms with E-state index >= 15 is 0 Å². The third kappa shape index (κ3) is 3.64. The highest BCUT2D eigenvalue weighted by Crippen LogP contribution is 2.48. The predicted octanol–water partition coefficient (Wildman–Crippen LogP) is 3.87. The molecule has 7 nitrogen and oxygen atoms in total. The molecule has 2 heterocycles. The van der Waals surface area contributed by atoms with Crippen molar-refractivity contribution in [2.45, 2.75) is 24.9 Å². The fourth-order valence-electron chi connectivity index (χ4n) is 4.42. The first-order valence-electron chi connectivity index (χ1n) is 9.65. The van der Waals surface area contributed by atoms with Crippen LogP contribution in [0.5, 0.6) is 0 Å². The van der Waals surface area contributed by atoms with Crippen molar-refractivity contribution < 1.29 is 9.72 Å². The van der Waals surface area contributed by atoms with Crippen LogP contribution in [-0.4, -0.2) is 42.5 Å². The average Bonchev–Trinajstić information content (AvgIpc) is 2.82. The van der Waals surface area contributed by atoms with E-state index in [-0.39, 0.29) is 28.6 Å². The number of para-hydroxylation sites is 1. The molecule has 1 amide bonds. The average molecular weight is 413 g/mol. The zero-order valence-electron chi connectivity index (χ0n) is 16.5. The van der Waals surface area contributed by atoms with Gasteiger partial charge in [-0.25, -0.2) is 0 Å². The number of nitro groups is 1. The Hall–Kier alpha value is -2.74. The number of carbonyl (C=O) groups excluding carboxylic acids is 1. The standard InChI is InChI=1S/C21H24N4O3S/c1-23-17-6-4-3-5-16(17)19-11-14(22-21(26)13-29-2)9-10-24(19)18-8-7-15(25(27)28)12-20(18)23/h3-8,12,14,19H,9-11,13H2,1-2H3,(H,22,26). The maximum Gasteiger partial charge on any atom is 0.271 e. The highest BCUT2D eigenvalue weighted by molar-refractivity contribution is 7.99. The molecule has 8 heteroatoms. The topological polar surface area (TPSA) is 78.7 Å². The Morgan fingerprint density at radius 2 is 2.03 bits per heavy atom. The Bertz CT molecular complexity index is 951. The summed E-state index contributed by atoms with van der Waals surface area (Å²) in [5.41, 5.74) is 4.13. The molecular formula is C21H24N4O3S. The van der Waals surface area contributed by atoms with E-state index in [0.717, 1.165) is 36.4 Å². The maximum atomic E-state index is 12.1. The van der Waals surface area contributed by atoms with Crippen molar-refractivity contribution in [3.8, 4) is 0 Å². The zero-order valence-corrected chi connectivity index (χ0v) is 17.3. The lowest BCUT2D eigenvalue weighted by Crippen LogP contribution is -2.46. The van der Waals surface area contributed by atoms with Crippen LogP contribution in [0.3, 0.4) is 0 Å². The van der Waals surface area contributed by atoms with Gasteiger partial charge in [-0.1, -0.05) is 18.2 Å². The van der Waals surface area contributed by atoms with E-state index in [4.69, 9.17) is 0 Å². The van der Waals surface area contributed by atoms with Crippen LogP contribution in [0.1, 0.15) is 24.4 Å². The summed E-state index contributed by atoms with van der Waals surface area (Å²) in [4.78, 5) is 27.5. The van der Waals surface area contributed by atoms with Crippen LogP contribution in [0.4, 0.5) is 22.7 Å². The van der Waals surface area contributed by atoms with E-state index in [9.17, 15) is 14.9 Å². The van der Waals surface area contributed by atoms with Crippen molar-refractivity contribution in [2.75, 3.05) is 35.4 Å². The molecule has 0 aromatic heterocycles. The molecule has 0 spiro atoms. The van der Waals surface area contributed by atoms with Crippen LogP contribution in [0.25, 0.3) is 0 Å². The molecule has 1 N–H and O–H groups in total. The number of anilines is 3. The number of non-ortho nitro benzene ring substituents is 1. The number of fused-ring (bicyclic) bond motifs is 5. The molecule has 1 fully saturated rings. The number of nitrogens with one attached hydrogen (secondary N) is 1. The molecule has 2 aromatic rings. The number of hydrogen-bond donors (Lipinski definition) is 1. The summed E-state index contributed by atoms with van der Waals surface area (Å²) in [6.45, 7) is 0.780. The van der Waals surface area contributed by atoms with Gasteiger partial charge in [0.2, 0.25) is 5.91 Å². The van der Waals surface area contributed by atoms with Gasteiger partial charge in [0.05, 0.1) is 28.1 Å². The Balaban J connectivity index is 1.75. The number of piperidine rings is 1. The summed E-state index contributed by atoms with van der Waals surface area (Å²) >= 11 is 1.52. The molecule has 2 atom stereocenters. The normalized spacial score (nSPS) is 20.2. The van der Waals surface area contributed by atoms with E-state index < -0.39 is 0 Å². The van der Waals surface area contributed by atoms with Crippen molar-refractivity contribution in [3.05, 3.63) is 58.1 Å². The molecular weight excluding hydrogens is 388 g/mol. The number of nitro benzene ring substituents is 1. The third-order valence-corrected chi connectivity index (χ3v) is 6.29. The van der Waals surface area contributed by atoms with Gasteiger partial charge in [-0.05, 0) is 36.8 Å². The monoisotopic (exact) mass is 412 g/mol. The Morgan fingerprint density at radius 1 is 1.24 bits per heavy atom. The minimum absolute atomic E-state index is 0.0750. The molecule has 29 heavy (non-hydrogen) atoms. The quantitative estimate of drug-likeness (QED) is 0.607. The number of amides is 1. The number of carbonyl (C=O) groups is 1. The van der Waals surface area contributed by atoms with E-state index in [1.54, 1.807) is 12.1 Å². The molecule has 0 saturated carbocycles. The Kier molecular flexibility index (Phi) is 5.36. The van der Waals surface area contributed by atoms with E-state index in [2.05, 4.69) is 22.3 Å². The van der Waals surface area contributed by atoms with Crippen molar-refractivity contribution in [1.29, 1.82) is 0 Å². The lowest BCUT2D eigenvalue weighted by Gasteiger charge is -2.41. The van der Waals surface area contributed by atoms with Gasteiger partial charge in [0, 0.05) is 37.5 Å². The van der Waals surface area contributed by atoms with Crippen molar-refractivity contribution in [2.24, 2.45) is 0 Å². The van der Waals surface area contributed by atoms with E-state index in [0.29, 0.717) is 5.75 Å². The van der Waals surface area contributed by atoms with Crippen LogP contribution in [-0.2, 0) is 4.79 Å². The molecule has 0 radical (unpaired) electrons. The first-order valence-corrected chi connectivity index (χ1v) is 11.0. The maximum absolute atomic E-state index is 12.1. The highest BCUT2D eigenvalue weighted by atomic mass is 32.2. The van der Waals surface area contributed by atoms with Gasteiger partial charge in [0.15, 0.2) is 0 Å². The number of hydrogen-bond acceptors (Lipinski definition) is 6. The molecule has 1 saturated heterocycles. The van der Waals surface area contributed by atoms with E-state index in [1.165, 1.54) is 17.3 Å². The minimum atomic E-state index is -0.351. The van der Waals surface area contributed by atoms with Crippen LogP contribution < -0.4 is 15.1 Å². The summed E-state index contributed by atoms with van der Waals surface area (Å²) in [6.07, 6.45) is 3.58. The molecule has 4 rings (SSSR count). The van der Waals surface area contributed by atoms with Crippen LogP contribution in [0.15, 0.2) is 42.5 Å². The van der Waals surface area contributed by atoms with Crippen molar-refractivity contribution in [3.63, 3.8) is 0 Å². The van der Waals surface area contributed by atoms with Gasteiger partial charge in [-0.2, -0.15) is 11.8 Å². The van der Waals surface area contributed by atoms with Crippen LogP contribution in [0, 0.1) is 10.1 Å². The summed E-state index contributed by atoms with van der Waals surface area (Å²) in [7, 11) is 1.96. The third-order valence-electron chi connectivity index (χ3n) is 5.74. The fraction of sp³-hybridized carbons (Fsp3) is 0.381. The van der Waals surface area contributed by atoms with Crippen LogP contribution in [0.2, 0.25) is 0 Å². The summed E-state index contributed by atoms with van der Waals surface area (Å²) in [6, 6.07) is 13.5. The fourth-order valence-corrected chi connectivity index (χ4v) is 4.77. The molecule has 2 aromatic carbocycles. The molecule has 2 aliphatic rings. The SMILES string of the molecule is CSCC(=O)NC1CCN2c3ccc([N+](=O)[O-])cc3N(C)c3ccccc3C2C1. The number of thioether (sulfide) groups is 1. The van der Waals surface area contributed by atoms with E-state index in [1.807, 2.05) is 36.4 Å². The molecule has 0 bridgehead atoms. The minimum Gasteiger partial charge on any atom is -0.363 e. The smallest absolute Gasteiger partial charge is 0.271 e. The highest BCUT2D eigenvalue weighted by Gasteiger charge is 2.36. The molecule has 2 unspecified atom stereocenters. The first kappa shape index (κ1) is 19.6. The van der Waals surface area contributed by atoms with Gasteiger partial charge in [0.25, 0.3) is 5.69 Å². The Morgan fingerprint density at radius 3 is 2.79 bits per heavy atom. The lowest BCUT2D eigenvalue weighted by molar-refractivity contribution is -0.384. The molecule has 2 aliphatic heterocycles. The van der Waals surface area contributed by atoms with Crippen molar-refractivity contribution in [1.82, 2.24) is 5.32 Å². The predicted molar refractivity (Wildman–Crippen MR) is 117 cm³/mol. The number of rotatable bonds is 4. The second kappa shape index (κ2) is 7.94. The summed E-state index contributed by atoms with van der Waals surface area (Å²) in [5, 5.41) is 14.5. The summed E-state index contributed by atoms with van der Waals surface area (Å²) < 4.78 is 0.